The average molecular weight is 926 g/mol. The summed E-state index contributed by atoms with van der Waals surface area (Å²) < 4.78 is 16.8. The molecule has 6 nitrogen and oxygen atoms in total. The van der Waals surface area contributed by atoms with Crippen molar-refractivity contribution in [2.45, 2.75) is 303 Å². The van der Waals surface area contributed by atoms with Gasteiger partial charge < -0.3 is 14.2 Å². The molecule has 0 aromatic carbocycles. The molecule has 0 bridgehead atoms. The normalized spacial score (nSPS) is 12.3. The quantitative estimate of drug-likeness (QED) is 0.0262. The molecule has 0 saturated carbocycles. The zero-order valence-electron chi connectivity index (χ0n) is 44.0. The van der Waals surface area contributed by atoms with Gasteiger partial charge in [-0.1, -0.05) is 262 Å². The Morgan fingerprint density at radius 1 is 0.303 bits per heavy atom. The molecule has 0 aromatic heterocycles. The molecular formula is C60H108O6. The second-order valence-electron chi connectivity index (χ2n) is 19.2. The fraction of sp³-hybridized carbons (Fsp3) is 0.817. The lowest BCUT2D eigenvalue weighted by atomic mass is 10.0. The monoisotopic (exact) mass is 925 g/mol. The zero-order valence-corrected chi connectivity index (χ0v) is 44.0. The van der Waals surface area contributed by atoms with Gasteiger partial charge in [-0.2, -0.15) is 0 Å². The van der Waals surface area contributed by atoms with E-state index < -0.39 is 6.10 Å². The van der Waals surface area contributed by atoms with E-state index in [9.17, 15) is 14.4 Å². The standard InChI is InChI=1S/C60H108O6/c1-4-7-10-13-16-19-22-25-27-29-30-32-33-35-38-41-44-47-50-53-59(62)65-56-57(55-64-58(61)52-49-46-43-40-37-24-21-18-15-12-9-6-3)66-60(63)54-51-48-45-42-39-36-34-31-28-26-23-20-17-14-11-8-5-2/h16,19,25,27,30,32,35,38,57H,4-15,17-18,20-24,26,28-29,31,33-34,36-37,39-56H2,1-3H3/b19-16-,27-25-,32-30-,38-35-/t57-/m1/s1. The van der Waals surface area contributed by atoms with Gasteiger partial charge >= 0.3 is 17.9 Å². The number of hydrogen-bond acceptors (Lipinski definition) is 6. The molecule has 0 aliphatic rings. The van der Waals surface area contributed by atoms with Crippen molar-refractivity contribution in [3.63, 3.8) is 0 Å². The molecule has 1 atom stereocenters. The third-order valence-electron chi connectivity index (χ3n) is 12.6. The van der Waals surface area contributed by atoms with Crippen LogP contribution in [0.2, 0.25) is 0 Å². The van der Waals surface area contributed by atoms with E-state index in [-0.39, 0.29) is 31.1 Å². The first-order valence-corrected chi connectivity index (χ1v) is 28.6. The number of ether oxygens (including phenoxy) is 3. The van der Waals surface area contributed by atoms with E-state index in [1.54, 1.807) is 0 Å². The van der Waals surface area contributed by atoms with Gasteiger partial charge in [-0.3, -0.25) is 14.4 Å². The summed E-state index contributed by atoms with van der Waals surface area (Å²) in [6.45, 7) is 6.62. The van der Waals surface area contributed by atoms with E-state index in [1.807, 2.05) is 0 Å². The molecule has 0 amide bonds. The summed E-state index contributed by atoms with van der Waals surface area (Å²) in [7, 11) is 0. The molecule has 0 rings (SSSR count). The number of allylic oxidation sites excluding steroid dienone is 8. The molecule has 66 heavy (non-hydrogen) atoms. The summed E-state index contributed by atoms with van der Waals surface area (Å²) in [6.07, 6.45) is 66.7. The van der Waals surface area contributed by atoms with E-state index in [0.29, 0.717) is 19.3 Å². The largest absolute Gasteiger partial charge is 0.462 e. The van der Waals surface area contributed by atoms with E-state index in [4.69, 9.17) is 14.2 Å². The first-order chi connectivity index (χ1) is 32.5. The molecular weight excluding hydrogens is 817 g/mol. The number of unbranched alkanes of at least 4 members (excludes halogenated alkanes) is 33. The molecule has 0 aromatic rings. The van der Waals surface area contributed by atoms with Gasteiger partial charge in [0, 0.05) is 19.3 Å². The smallest absolute Gasteiger partial charge is 0.306 e. The van der Waals surface area contributed by atoms with Crippen LogP contribution in [0.1, 0.15) is 297 Å². The maximum atomic E-state index is 12.8. The van der Waals surface area contributed by atoms with Crippen LogP contribution in [0, 0.1) is 0 Å². The highest BCUT2D eigenvalue weighted by Gasteiger charge is 2.19. The van der Waals surface area contributed by atoms with Crippen LogP contribution < -0.4 is 0 Å². The summed E-state index contributed by atoms with van der Waals surface area (Å²) in [5.74, 6) is -0.896. The highest BCUT2D eigenvalue weighted by atomic mass is 16.6. The topological polar surface area (TPSA) is 78.9 Å². The zero-order chi connectivity index (χ0) is 47.9. The van der Waals surface area contributed by atoms with Crippen molar-refractivity contribution in [1.82, 2.24) is 0 Å². The van der Waals surface area contributed by atoms with E-state index in [1.165, 1.54) is 173 Å². The molecule has 0 fully saturated rings. The van der Waals surface area contributed by atoms with E-state index in [0.717, 1.165) is 83.5 Å². The molecule has 0 saturated heterocycles. The second kappa shape index (κ2) is 55.0. The van der Waals surface area contributed by atoms with Gasteiger partial charge in [-0.05, 0) is 64.2 Å². The second-order valence-corrected chi connectivity index (χ2v) is 19.2. The molecule has 0 spiro atoms. The Labute approximate surface area is 409 Å². The van der Waals surface area contributed by atoms with Crippen molar-refractivity contribution in [1.29, 1.82) is 0 Å². The van der Waals surface area contributed by atoms with Gasteiger partial charge in [0.1, 0.15) is 13.2 Å². The van der Waals surface area contributed by atoms with Crippen LogP contribution in [0.25, 0.3) is 0 Å². The fourth-order valence-corrected chi connectivity index (χ4v) is 8.25. The summed E-state index contributed by atoms with van der Waals surface area (Å²) in [6, 6.07) is 0. The molecule has 6 heteroatoms. The summed E-state index contributed by atoms with van der Waals surface area (Å²) in [5, 5.41) is 0. The number of carbonyl (C=O) groups excluding carboxylic acids is 3. The van der Waals surface area contributed by atoms with E-state index >= 15 is 0 Å². The average Bonchev–Trinajstić information content (AvgIpc) is 3.31. The van der Waals surface area contributed by atoms with Crippen molar-refractivity contribution >= 4 is 17.9 Å². The van der Waals surface area contributed by atoms with Crippen molar-refractivity contribution in [2.24, 2.45) is 0 Å². The molecule has 0 heterocycles. The Bertz CT molecular complexity index is 1150. The van der Waals surface area contributed by atoms with Crippen LogP contribution >= 0.6 is 0 Å². The minimum absolute atomic E-state index is 0.0791. The first kappa shape index (κ1) is 63.4. The lowest BCUT2D eigenvalue weighted by molar-refractivity contribution is -0.167. The summed E-state index contributed by atoms with van der Waals surface area (Å²) in [4.78, 5) is 38.1. The maximum absolute atomic E-state index is 12.8. The highest BCUT2D eigenvalue weighted by Crippen LogP contribution is 2.16. The Morgan fingerprint density at radius 3 is 0.879 bits per heavy atom. The SMILES string of the molecule is CCCCC/C=C\C/C=C\C/C=C\C/C=C\CCCCCC(=O)OC[C@@H](COC(=O)CCCCCCCCCCCCCC)OC(=O)CCCCCCCCCCCCCCCCCCC. The summed E-state index contributed by atoms with van der Waals surface area (Å²) >= 11 is 0. The Kier molecular flexibility index (Phi) is 52.8. The summed E-state index contributed by atoms with van der Waals surface area (Å²) in [5.41, 5.74) is 0. The first-order valence-electron chi connectivity index (χ1n) is 28.6. The van der Waals surface area contributed by atoms with Gasteiger partial charge in [0.15, 0.2) is 6.10 Å². The number of esters is 3. The Balaban J connectivity index is 4.38. The van der Waals surface area contributed by atoms with Crippen LogP contribution in [0.5, 0.6) is 0 Å². The molecule has 0 N–H and O–H groups in total. The Hall–Kier alpha value is -2.63. The van der Waals surface area contributed by atoms with Gasteiger partial charge in [0.05, 0.1) is 0 Å². The predicted molar refractivity (Wildman–Crippen MR) is 284 cm³/mol. The third-order valence-corrected chi connectivity index (χ3v) is 12.6. The molecule has 0 aliphatic carbocycles. The van der Waals surface area contributed by atoms with Gasteiger partial charge in [-0.15, -0.1) is 0 Å². The molecule has 384 valence electrons. The van der Waals surface area contributed by atoms with Crippen LogP contribution in [0.3, 0.4) is 0 Å². The lowest BCUT2D eigenvalue weighted by Crippen LogP contribution is -2.30. The molecule has 0 unspecified atom stereocenters. The lowest BCUT2D eigenvalue weighted by Gasteiger charge is -2.18. The Morgan fingerprint density at radius 2 is 0.545 bits per heavy atom. The van der Waals surface area contributed by atoms with Crippen molar-refractivity contribution in [3.8, 4) is 0 Å². The highest BCUT2D eigenvalue weighted by molar-refractivity contribution is 5.71. The minimum Gasteiger partial charge on any atom is -0.462 e. The minimum atomic E-state index is -0.782. The van der Waals surface area contributed by atoms with Gasteiger partial charge in [-0.25, -0.2) is 0 Å². The van der Waals surface area contributed by atoms with Crippen molar-refractivity contribution < 1.29 is 28.6 Å². The number of carbonyl (C=O) groups is 3. The number of hydrogen-bond donors (Lipinski definition) is 0. The predicted octanol–water partition coefficient (Wildman–Crippen LogP) is 19.0. The van der Waals surface area contributed by atoms with Crippen LogP contribution in [-0.2, 0) is 28.6 Å². The maximum Gasteiger partial charge on any atom is 0.306 e. The van der Waals surface area contributed by atoms with Crippen LogP contribution in [0.4, 0.5) is 0 Å². The van der Waals surface area contributed by atoms with Crippen LogP contribution in [-0.4, -0.2) is 37.2 Å². The van der Waals surface area contributed by atoms with Gasteiger partial charge in [0.25, 0.3) is 0 Å². The molecule has 0 aliphatic heterocycles. The molecule has 0 radical (unpaired) electrons. The van der Waals surface area contributed by atoms with E-state index in [2.05, 4.69) is 69.4 Å². The third kappa shape index (κ3) is 52.3. The van der Waals surface area contributed by atoms with Crippen molar-refractivity contribution in [2.75, 3.05) is 13.2 Å². The van der Waals surface area contributed by atoms with Crippen LogP contribution in [0.15, 0.2) is 48.6 Å². The fourth-order valence-electron chi connectivity index (χ4n) is 8.25. The van der Waals surface area contributed by atoms with Gasteiger partial charge in [0.2, 0.25) is 0 Å². The van der Waals surface area contributed by atoms with Crippen molar-refractivity contribution in [3.05, 3.63) is 48.6 Å². The number of rotatable bonds is 52.